The van der Waals surface area contributed by atoms with Gasteiger partial charge in [-0.1, -0.05) is 27.3 Å². The Hall–Kier alpha value is -1.47. The molecule has 0 aliphatic heterocycles. The normalized spacial score (nSPS) is 14.4. The van der Waals surface area contributed by atoms with Crippen molar-refractivity contribution in [2.75, 3.05) is 5.32 Å². The highest BCUT2D eigenvalue weighted by Crippen LogP contribution is 2.42. The van der Waals surface area contributed by atoms with Gasteiger partial charge in [-0.3, -0.25) is 10.1 Å². The molecule has 1 saturated carbocycles. The van der Waals surface area contributed by atoms with E-state index in [1.807, 2.05) is 0 Å². The summed E-state index contributed by atoms with van der Waals surface area (Å²) in [4.78, 5) is 12.0. The summed E-state index contributed by atoms with van der Waals surface area (Å²) in [5.74, 6) is 0.0624. The minimum Gasteiger partial charge on any atom is -0.507 e. The van der Waals surface area contributed by atoms with Crippen LogP contribution in [0.3, 0.4) is 0 Å². The molecule has 7 heteroatoms. The summed E-state index contributed by atoms with van der Waals surface area (Å²) in [6.07, 6.45) is 2.30. The number of nitrogens with one attached hydrogen (secondary N) is 1. The van der Waals surface area contributed by atoms with E-state index in [4.69, 9.17) is 0 Å². The topological polar surface area (TPSA) is 75.1 Å². The van der Waals surface area contributed by atoms with Crippen LogP contribution in [-0.4, -0.2) is 21.2 Å². The number of rotatable bonds is 3. The molecule has 0 spiro atoms. The van der Waals surface area contributed by atoms with Gasteiger partial charge in [-0.2, -0.15) is 0 Å². The number of benzene rings is 1. The molecule has 0 atom stereocenters. The van der Waals surface area contributed by atoms with Crippen molar-refractivity contribution in [3.8, 4) is 5.75 Å². The van der Waals surface area contributed by atoms with Crippen molar-refractivity contribution >= 4 is 38.3 Å². The number of hydrogen-bond acceptors (Lipinski definition) is 5. The zero-order chi connectivity index (χ0) is 13.4. The summed E-state index contributed by atoms with van der Waals surface area (Å²) in [6.45, 7) is 0. The highest BCUT2D eigenvalue weighted by molar-refractivity contribution is 9.10. The van der Waals surface area contributed by atoms with E-state index in [9.17, 15) is 9.90 Å². The smallest absolute Gasteiger partial charge is 0.261 e. The molecule has 1 aliphatic carbocycles. The molecule has 1 heterocycles. The van der Waals surface area contributed by atoms with Gasteiger partial charge in [-0.05, 0) is 31.0 Å². The summed E-state index contributed by atoms with van der Waals surface area (Å²) in [7, 11) is 0. The first-order valence-corrected chi connectivity index (χ1v) is 7.37. The molecular formula is C12H10BrN3O2S. The number of hydrogen-bond donors (Lipinski definition) is 2. The van der Waals surface area contributed by atoms with Crippen LogP contribution >= 0.6 is 27.3 Å². The molecule has 1 aromatic heterocycles. The van der Waals surface area contributed by atoms with E-state index >= 15 is 0 Å². The Morgan fingerprint density at radius 3 is 2.95 bits per heavy atom. The van der Waals surface area contributed by atoms with Crippen LogP contribution in [0.15, 0.2) is 22.7 Å². The first-order valence-electron chi connectivity index (χ1n) is 5.77. The number of amides is 1. The van der Waals surface area contributed by atoms with Crippen LogP contribution in [0.1, 0.15) is 34.1 Å². The Labute approximate surface area is 121 Å². The van der Waals surface area contributed by atoms with Crippen molar-refractivity contribution in [1.82, 2.24) is 10.2 Å². The maximum absolute atomic E-state index is 12.0. The van der Waals surface area contributed by atoms with Crippen molar-refractivity contribution in [2.45, 2.75) is 18.8 Å². The Bertz CT molecular complexity index is 640. The van der Waals surface area contributed by atoms with Crippen LogP contribution in [0, 0.1) is 0 Å². The summed E-state index contributed by atoms with van der Waals surface area (Å²) in [6, 6.07) is 4.70. The lowest BCUT2D eigenvalue weighted by Crippen LogP contribution is -2.11. The van der Waals surface area contributed by atoms with Crippen LogP contribution in [-0.2, 0) is 0 Å². The Morgan fingerprint density at radius 1 is 1.42 bits per heavy atom. The van der Waals surface area contributed by atoms with Gasteiger partial charge in [-0.15, -0.1) is 10.2 Å². The SMILES string of the molecule is O=C(Nc1nnc(C2CC2)s1)c1cc(Br)ccc1O. The predicted molar refractivity (Wildman–Crippen MR) is 75.6 cm³/mol. The zero-order valence-corrected chi connectivity index (χ0v) is 12.2. The Morgan fingerprint density at radius 2 is 2.21 bits per heavy atom. The lowest BCUT2D eigenvalue weighted by Gasteiger charge is -2.04. The fraction of sp³-hybridized carbons (Fsp3) is 0.250. The minimum absolute atomic E-state index is 0.0624. The molecule has 3 rings (SSSR count). The van der Waals surface area contributed by atoms with E-state index in [0.717, 1.165) is 22.3 Å². The van der Waals surface area contributed by atoms with Crippen LogP contribution in [0.4, 0.5) is 5.13 Å². The molecular weight excluding hydrogens is 330 g/mol. The fourth-order valence-corrected chi connectivity index (χ4v) is 2.90. The van der Waals surface area contributed by atoms with Gasteiger partial charge in [0.15, 0.2) is 0 Å². The van der Waals surface area contributed by atoms with Crippen molar-refractivity contribution in [3.05, 3.63) is 33.2 Å². The highest BCUT2D eigenvalue weighted by atomic mass is 79.9. The van der Waals surface area contributed by atoms with Crippen LogP contribution in [0.25, 0.3) is 0 Å². The first-order chi connectivity index (χ1) is 9.13. The van der Waals surface area contributed by atoms with Gasteiger partial charge in [0.25, 0.3) is 5.91 Å². The summed E-state index contributed by atoms with van der Waals surface area (Å²) in [5, 5.41) is 21.7. The second kappa shape index (κ2) is 4.90. The molecule has 1 aliphatic rings. The third-order valence-corrected chi connectivity index (χ3v) is 4.29. The second-order valence-corrected chi connectivity index (χ2v) is 6.26. The number of anilines is 1. The zero-order valence-electron chi connectivity index (χ0n) is 9.76. The van der Waals surface area contributed by atoms with Gasteiger partial charge in [0.05, 0.1) is 5.56 Å². The first kappa shape index (κ1) is 12.6. The number of carbonyl (C=O) groups excluding carboxylic acids is 1. The molecule has 1 fully saturated rings. The predicted octanol–water partition coefficient (Wildman–Crippen LogP) is 3.14. The molecule has 1 amide bonds. The van der Waals surface area contributed by atoms with E-state index in [1.54, 1.807) is 12.1 Å². The van der Waals surface area contributed by atoms with Crippen molar-refractivity contribution in [2.24, 2.45) is 0 Å². The monoisotopic (exact) mass is 339 g/mol. The number of nitrogens with zero attached hydrogens (tertiary/aromatic N) is 2. The standard InChI is InChI=1S/C12H10BrN3O2S/c13-7-3-4-9(17)8(5-7)10(18)14-12-16-15-11(19-12)6-1-2-6/h3-6,17H,1-2H2,(H,14,16,18). The van der Waals surface area contributed by atoms with Crippen molar-refractivity contribution in [1.29, 1.82) is 0 Å². The maximum Gasteiger partial charge on any atom is 0.261 e. The maximum atomic E-state index is 12.0. The minimum atomic E-state index is -0.391. The van der Waals surface area contributed by atoms with E-state index in [2.05, 4.69) is 31.4 Å². The van der Waals surface area contributed by atoms with Gasteiger partial charge >= 0.3 is 0 Å². The second-order valence-electron chi connectivity index (χ2n) is 4.34. The molecule has 98 valence electrons. The van der Waals surface area contributed by atoms with Gasteiger partial charge in [-0.25, -0.2) is 0 Å². The number of phenolic OH excluding ortho intramolecular Hbond substituents is 1. The molecule has 19 heavy (non-hydrogen) atoms. The van der Waals surface area contributed by atoms with Gasteiger partial charge in [0.2, 0.25) is 5.13 Å². The summed E-state index contributed by atoms with van der Waals surface area (Å²) in [5.41, 5.74) is 0.206. The molecule has 1 aromatic carbocycles. The molecule has 2 aromatic rings. The molecule has 0 unspecified atom stereocenters. The quantitative estimate of drug-likeness (QED) is 0.900. The Kier molecular flexibility index (Phi) is 3.24. The number of aromatic hydroxyl groups is 1. The average molecular weight is 340 g/mol. The molecule has 0 saturated heterocycles. The van der Waals surface area contributed by atoms with Crippen LogP contribution < -0.4 is 5.32 Å². The molecule has 5 nitrogen and oxygen atoms in total. The van der Waals surface area contributed by atoms with E-state index < -0.39 is 5.91 Å². The van der Waals surface area contributed by atoms with Gasteiger partial charge in [0.1, 0.15) is 10.8 Å². The van der Waals surface area contributed by atoms with Crippen LogP contribution in [0.2, 0.25) is 0 Å². The lowest BCUT2D eigenvalue weighted by molar-refractivity contribution is 0.102. The van der Waals surface area contributed by atoms with Gasteiger partial charge < -0.3 is 5.11 Å². The number of phenols is 1. The van der Waals surface area contributed by atoms with E-state index in [1.165, 1.54) is 17.4 Å². The number of carbonyl (C=O) groups is 1. The summed E-state index contributed by atoms with van der Waals surface area (Å²) >= 11 is 4.65. The number of halogens is 1. The molecule has 0 bridgehead atoms. The molecule has 2 N–H and O–H groups in total. The van der Waals surface area contributed by atoms with Crippen molar-refractivity contribution in [3.63, 3.8) is 0 Å². The lowest BCUT2D eigenvalue weighted by atomic mass is 10.2. The Balaban J connectivity index is 1.77. The highest BCUT2D eigenvalue weighted by Gasteiger charge is 2.27. The van der Waals surface area contributed by atoms with Crippen molar-refractivity contribution < 1.29 is 9.90 Å². The molecule has 0 radical (unpaired) electrons. The van der Waals surface area contributed by atoms with Crippen LogP contribution in [0.5, 0.6) is 5.75 Å². The fourth-order valence-electron chi connectivity index (χ4n) is 1.63. The number of aromatic nitrogens is 2. The third-order valence-electron chi connectivity index (χ3n) is 2.79. The largest absolute Gasteiger partial charge is 0.507 e. The average Bonchev–Trinajstić information content (AvgIpc) is 3.13. The van der Waals surface area contributed by atoms with E-state index in [0.29, 0.717) is 11.0 Å². The third kappa shape index (κ3) is 2.76. The van der Waals surface area contributed by atoms with Gasteiger partial charge in [0, 0.05) is 10.4 Å². The summed E-state index contributed by atoms with van der Waals surface area (Å²) < 4.78 is 0.728. The van der Waals surface area contributed by atoms with E-state index in [-0.39, 0.29) is 11.3 Å².